The van der Waals surface area contributed by atoms with Crippen LogP contribution in [0.4, 0.5) is 8.78 Å². The predicted molar refractivity (Wildman–Crippen MR) is 100 cm³/mol. The topological polar surface area (TPSA) is 66.2 Å². The van der Waals surface area contributed by atoms with E-state index in [-0.39, 0.29) is 22.8 Å². The number of hydrogen-bond donors (Lipinski definition) is 0. The van der Waals surface area contributed by atoms with E-state index in [4.69, 9.17) is 21.6 Å². The van der Waals surface area contributed by atoms with Gasteiger partial charge in [-0.25, -0.2) is 13.8 Å². The van der Waals surface area contributed by atoms with E-state index in [0.717, 1.165) is 17.7 Å². The molecule has 0 fully saturated rings. The summed E-state index contributed by atoms with van der Waals surface area (Å²) in [6, 6.07) is 11.7. The van der Waals surface area contributed by atoms with Crippen molar-refractivity contribution < 1.29 is 18.3 Å². The minimum atomic E-state index is -1.02. The van der Waals surface area contributed by atoms with Crippen LogP contribution in [0.3, 0.4) is 0 Å². The van der Waals surface area contributed by atoms with E-state index in [1.165, 1.54) is 6.07 Å². The zero-order chi connectivity index (χ0) is 20.5. The summed E-state index contributed by atoms with van der Waals surface area (Å²) in [6.45, 7) is 0.628. The van der Waals surface area contributed by atoms with Crippen LogP contribution in [0.2, 0.25) is 5.15 Å². The summed E-state index contributed by atoms with van der Waals surface area (Å²) in [4.78, 5) is 18.5. The first-order valence-corrected chi connectivity index (χ1v) is 8.92. The molecule has 2 heterocycles. The molecule has 0 unspecified atom stereocenters. The molecule has 29 heavy (non-hydrogen) atoms. The molecule has 1 amide bonds. The van der Waals surface area contributed by atoms with Crippen molar-refractivity contribution >= 4 is 17.5 Å². The van der Waals surface area contributed by atoms with Crippen LogP contribution < -0.4 is 4.74 Å². The van der Waals surface area contributed by atoms with Crippen LogP contribution in [-0.4, -0.2) is 15.8 Å². The Bertz CT molecular complexity index is 1140. The Morgan fingerprint density at radius 2 is 1.97 bits per heavy atom. The highest BCUT2D eigenvalue weighted by molar-refractivity contribution is 6.29. The van der Waals surface area contributed by atoms with E-state index in [2.05, 4.69) is 4.98 Å². The van der Waals surface area contributed by atoms with Crippen molar-refractivity contribution in [2.24, 2.45) is 0 Å². The van der Waals surface area contributed by atoms with Crippen molar-refractivity contribution in [2.45, 2.75) is 13.1 Å². The molecule has 1 aliphatic heterocycles. The first kappa shape index (κ1) is 18.8. The highest BCUT2D eigenvalue weighted by atomic mass is 35.5. The SMILES string of the molecule is N#Cc1cc(F)c(Oc2cccc3c2C(=O)N(Cc2ccc(Cl)nc2)C3)c(F)c1. The first-order valence-electron chi connectivity index (χ1n) is 8.55. The minimum Gasteiger partial charge on any atom is -0.450 e. The van der Waals surface area contributed by atoms with E-state index in [9.17, 15) is 13.6 Å². The Kier molecular flexibility index (Phi) is 4.87. The minimum absolute atomic E-state index is 0.0479. The number of benzene rings is 2. The Balaban J connectivity index is 1.63. The summed E-state index contributed by atoms with van der Waals surface area (Å²) in [7, 11) is 0. The van der Waals surface area contributed by atoms with Crippen molar-refractivity contribution in [1.29, 1.82) is 5.26 Å². The van der Waals surface area contributed by atoms with E-state index in [1.807, 2.05) is 0 Å². The highest BCUT2D eigenvalue weighted by Crippen LogP contribution is 2.36. The number of ether oxygens (including phenoxy) is 1. The molecule has 3 aromatic rings. The Morgan fingerprint density at radius 1 is 1.21 bits per heavy atom. The number of nitrogens with zero attached hydrogens (tertiary/aromatic N) is 3. The third-order valence-corrected chi connectivity index (χ3v) is 4.70. The van der Waals surface area contributed by atoms with Gasteiger partial charge < -0.3 is 9.64 Å². The lowest BCUT2D eigenvalue weighted by molar-refractivity contribution is 0.0764. The second-order valence-corrected chi connectivity index (χ2v) is 6.81. The summed E-state index contributed by atoms with van der Waals surface area (Å²) in [5.41, 5.74) is 1.56. The smallest absolute Gasteiger partial charge is 0.258 e. The van der Waals surface area contributed by atoms with Gasteiger partial charge in [0.05, 0.1) is 17.2 Å². The van der Waals surface area contributed by atoms with Gasteiger partial charge in [-0.05, 0) is 35.4 Å². The molecule has 0 saturated carbocycles. The van der Waals surface area contributed by atoms with Crippen LogP contribution in [0, 0.1) is 23.0 Å². The summed E-state index contributed by atoms with van der Waals surface area (Å²) in [6.07, 6.45) is 1.58. The highest BCUT2D eigenvalue weighted by Gasteiger charge is 2.31. The van der Waals surface area contributed by atoms with Gasteiger partial charge in [0.25, 0.3) is 5.91 Å². The fraction of sp³-hybridized carbons (Fsp3) is 0.0952. The maximum Gasteiger partial charge on any atom is 0.258 e. The molecule has 0 N–H and O–H groups in total. The summed E-state index contributed by atoms with van der Waals surface area (Å²) in [5, 5.41) is 9.16. The number of halogens is 3. The van der Waals surface area contributed by atoms with Crippen LogP contribution in [-0.2, 0) is 13.1 Å². The van der Waals surface area contributed by atoms with Crippen molar-refractivity contribution in [2.75, 3.05) is 0 Å². The van der Waals surface area contributed by atoms with Gasteiger partial charge in [-0.2, -0.15) is 5.26 Å². The fourth-order valence-electron chi connectivity index (χ4n) is 3.15. The second-order valence-electron chi connectivity index (χ2n) is 6.42. The second kappa shape index (κ2) is 7.49. The molecule has 0 spiro atoms. The molecule has 1 aliphatic rings. The number of nitriles is 1. The van der Waals surface area contributed by atoms with Gasteiger partial charge in [0.1, 0.15) is 10.9 Å². The van der Waals surface area contributed by atoms with E-state index in [1.54, 1.807) is 41.4 Å². The zero-order valence-corrected chi connectivity index (χ0v) is 15.6. The quantitative estimate of drug-likeness (QED) is 0.576. The monoisotopic (exact) mass is 411 g/mol. The predicted octanol–water partition coefficient (Wildman–Crippen LogP) is 4.83. The average Bonchev–Trinajstić information content (AvgIpc) is 3.02. The van der Waals surface area contributed by atoms with Crippen LogP contribution in [0.1, 0.15) is 27.0 Å². The third kappa shape index (κ3) is 3.62. The molecule has 4 rings (SSSR count). The Morgan fingerprint density at radius 3 is 2.62 bits per heavy atom. The molecule has 1 aromatic heterocycles. The molecular weight excluding hydrogens is 400 g/mol. The molecule has 0 bridgehead atoms. The summed E-state index contributed by atoms with van der Waals surface area (Å²) in [5.74, 6) is -2.97. The van der Waals surface area contributed by atoms with Crippen molar-refractivity contribution in [1.82, 2.24) is 9.88 Å². The van der Waals surface area contributed by atoms with Gasteiger partial charge in [0.15, 0.2) is 17.4 Å². The van der Waals surface area contributed by atoms with Crippen molar-refractivity contribution in [3.63, 3.8) is 0 Å². The lowest BCUT2D eigenvalue weighted by atomic mass is 10.1. The number of rotatable bonds is 4. The van der Waals surface area contributed by atoms with Gasteiger partial charge in [0, 0.05) is 19.3 Å². The van der Waals surface area contributed by atoms with E-state index < -0.39 is 17.4 Å². The molecule has 0 atom stereocenters. The number of hydrogen-bond acceptors (Lipinski definition) is 4. The van der Waals surface area contributed by atoms with E-state index in [0.29, 0.717) is 23.8 Å². The first-order chi connectivity index (χ1) is 14.0. The van der Waals surface area contributed by atoms with Crippen molar-refractivity contribution in [3.8, 4) is 17.6 Å². The number of pyridine rings is 1. The Hall–Kier alpha value is -3.50. The van der Waals surface area contributed by atoms with Gasteiger partial charge >= 0.3 is 0 Å². The fourth-order valence-corrected chi connectivity index (χ4v) is 3.26. The number of carbonyl (C=O) groups is 1. The maximum absolute atomic E-state index is 14.2. The molecule has 0 radical (unpaired) electrons. The molecular formula is C21H12ClF2N3O2. The van der Waals surface area contributed by atoms with E-state index >= 15 is 0 Å². The third-order valence-electron chi connectivity index (χ3n) is 4.48. The number of fused-ring (bicyclic) bond motifs is 1. The number of amides is 1. The molecule has 144 valence electrons. The van der Waals surface area contributed by atoms with Crippen LogP contribution >= 0.6 is 11.6 Å². The standard InChI is InChI=1S/C21H12ClF2N3O2/c22-18-5-4-12(9-26-18)10-27-11-14-2-1-3-17(19(14)21(27)28)29-20-15(23)6-13(8-25)7-16(20)24/h1-7,9H,10-11H2. The molecule has 2 aromatic carbocycles. The van der Waals surface area contributed by atoms with Crippen LogP contribution in [0.5, 0.6) is 11.5 Å². The molecule has 0 saturated heterocycles. The summed E-state index contributed by atoms with van der Waals surface area (Å²) >= 11 is 5.79. The summed E-state index contributed by atoms with van der Waals surface area (Å²) < 4.78 is 33.8. The normalized spacial score (nSPS) is 12.6. The lowest BCUT2D eigenvalue weighted by Gasteiger charge is -2.15. The number of aromatic nitrogens is 1. The largest absolute Gasteiger partial charge is 0.450 e. The van der Waals surface area contributed by atoms with Gasteiger partial charge in [-0.1, -0.05) is 29.8 Å². The van der Waals surface area contributed by atoms with Gasteiger partial charge in [-0.3, -0.25) is 4.79 Å². The van der Waals surface area contributed by atoms with Crippen molar-refractivity contribution in [3.05, 3.63) is 87.7 Å². The van der Waals surface area contributed by atoms with Crippen LogP contribution in [0.15, 0.2) is 48.7 Å². The Labute approximate surface area is 169 Å². The molecule has 8 heteroatoms. The number of carbonyl (C=O) groups excluding carboxylic acids is 1. The van der Waals surface area contributed by atoms with Gasteiger partial charge in [-0.15, -0.1) is 0 Å². The lowest BCUT2D eigenvalue weighted by Crippen LogP contribution is -2.23. The molecule has 0 aliphatic carbocycles. The average molecular weight is 412 g/mol. The maximum atomic E-state index is 14.2. The van der Waals surface area contributed by atoms with Crippen LogP contribution in [0.25, 0.3) is 0 Å². The molecule has 5 nitrogen and oxygen atoms in total. The zero-order valence-electron chi connectivity index (χ0n) is 14.8. The van der Waals surface area contributed by atoms with Gasteiger partial charge in [0.2, 0.25) is 0 Å².